The molecule has 0 aliphatic heterocycles. The van der Waals surface area contributed by atoms with Crippen LogP contribution in [0.2, 0.25) is 0 Å². The summed E-state index contributed by atoms with van der Waals surface area (Å²) < 4.78 is 1.89. The van der Waals surface area contributed by atoms with Crippen molar-refractivity contribution in [3.8, 4) is 0 Å². The molecule has 1 atom stereocenters. The number of amides is 1. The molecule has 1 aromatic carbocycles. The third-order valence-electron chi connectivity index (χ3n) is 4.77. The molecule has 1 saturated carbocycles. The van der Waals surface area contributed by atoms with Gasteiger partial charge in [0.1, 0.15) is 0 Å². The summed E-state index contributed by atoms with van der Waals surface area (Å²) in [5, 5.41) is 15.8. The van der Waals surface area contributed by atoms with E-state index in [1.54, 1.807) is 0 Å². The first-order chi connectivity index (χ1) is 12.3. The summed E-state index contributed by atoms with van der Waals surface area (Å²) in [5.41, 5.74) is 1.27. The molecule has 1 fully saturated rings. The maximum absolute atomic E-state index is 12.2. The molecule has 1 aliphatic carbocycles. The van der Waals surface area contributed by atoms with E-state index in [4.69, 9.17) is 0 Å². The predicted octanol–water partition coefficient (Wildman–Crippen LogP) is 3.19. The number of carbonyl (C=O) groups excluding carboxylic acids is 1. The Morgan fingerprint density at radius 2 is 2.08 bits per heavy atom. The van der Waals surface area contributed by atoms with E-state index in [0.29, 0.717) is 24.3 Å². The van der Waals surface area contributed by atoms with Gasteiger partial charge in [-0.2, -0.15) is 0 Å². The zero-order valence-corrected chi connectivity index (χ0v) is 15.4. The Morgan fingerprint density at radius 3 is 2.80 bits per heavy atom. The number of aromatic nitrogens is 4. The van der Waals surface area contributed by atoms with Crippen LogP contribution in [0.25, 0.3) is 0 Å². The van der Waals surface area contributed by atoms with E-state index in [-0.39, 0.29) is 5.91 Å². The molecule has 6 nitrogen and oxygen atoms in total. The number of hydrogen-bond donors (Lipinski definition) is 1. The van der Waals surface area contributed by atoms with Crippen molar-refractivity contribution in [3.05, 3.63) is 35.9 Å². The Labute approximate surface area is 152 Å². The van der Waals surface area contributed by atoms with E-state index in [1.807, 2.05) is 22.9 Å². The lowest BCUT2D eigenvalue weighted by atomic mass is 9.96. The van der Waals surface area contributed by atoms with E-state index in [9.17, 15) is 4.79 Å². The van der Waals surface area contributed by atoms with Gasteiger partial charge in [0, 0.05) is 12.5 Å². The van der Waals surface area contributed by atoms with E-state index < -0.39 is 0 Å². The average molecular weight is 359 g/mol. The standard InChI is InChI=1S/C18H25N5OS/c1-2-14(15-8-4-3-5-9-15)12-19-17(24)13-25-18-20-21-22-23(18)16-10-6-7-11-16/h3-5,8-9,14,16H,2,6-7,10-13H2,1H3,(H,19,24)/t14-/m1/s1. The Kier molecular flexibility index (Phi) is 6.44. The second-order valence-electron chi connectivity index (χ2n) is 6.45. The Balaban J connectivity index is 1.48. The van der Waals surface area contributed by atoms with Crippen molar-refractivity contribution in [1.29, 1.82) is 0 Å². The van der Waals surface area contributed by atoms with Crippen LogP contribution in [-0.2, 0) is 4.79 Å². The van der Waals surface area contributed by atoms with Crippen LogP contribution in [0, 0.1) is 0 Å². The largest absolute Gasteiger partial charge is 0.355 e. The van der Waals surface area contributed by atoms with Gasteiger partial charge in [-0.05, 0) is 35.3 Å². The van der Waals surface area contributed by atoms with Crippen molar-refractivity contribution in [2.45, 2.75) is 56.1 Å². The van der Waals surface area contributed by atoms with Crippen LogP contribution in [0.4, 0.5) is 0 Å². The van der Waals surface area contributed by atoms with Crippen LogP contribution in [0.5, 0.6) is 0 Å². The minimum absolute atomic E-state index is 0.0281. The van der Waals surface area contributed by atoms with Crippen molar-refractivity contribution in [2.75, 3.05) is 12.3 Å². The van der Waals surface area contributed by atoms with Crippen LogP contribution in [0.3, 0.4) is 0 Å². The summed E-state index contributed by atoms with van der Waals surface area (Å²) in [6.45, 7) is 2.81. The number of carbonyl (C=O) groups is 1. The van der Waals surface area contributed by atoms with Gasteiger partial charge in [0.05, 0.1) is 11.8 Å². The highest BCUT2D eigenvalue weighted by atomic mass is 32.2. The molecule has 0 radical (unpaired) electrons. The van der Waals surface area contributed by atoms with Gasteiger partial charge in [-0.15, -0.1) is 5.10 Å². The number of tetrazole rings is 1. The summed E-state index contributed by atoms with van der Waals surface area (Å²) in [5.74, 6) is 0.720. The van der Waals surface area contributed by atoms with Crippen molar-refractivity contribution in [1.82, 2.24) is 25.5 Å². The van der Waals surface area contributed by atoms with Crippen LogP contribution in [0.1, 0.15) is 56.6 Å². The molecule has 25 heavy (non-hydrogen) atoms. The minimum Gasteiger partial charge on any atom is -0.355 e. The molecule has 0 saturated heterocycles. The quantitative estimate of drug-likeness (QED) is 0.733. The first kappa shape index (κ1) is 17.9. The Hall–Kier alpha value is -1.89. The zero-order valence-electron chi connectivity index (χ0n) is 14.6. The molecule has 1 N–H and O–H groups in total. The van der Waals surface area contributed by atoms with E-state index >= 15 is 0 Å². The summed E-state index contributed by atoms with van der Waals surface area (Å²) in [6, 6.07) is 10.7. The highest BCUT2D eigenvalue weighted by molar-refractivity contribution is 7.99. The normalized spacial score (nSPS) is 16.0. The van der Waals surface area contributed by atoms with Crippen LogP contribution in [0.15, 0.2) is 35.5 Å². The van der Waals surface area contributed by atoms with Gasteiger partial charge >= 0.3 is 0 Å². The molecule has 7 heteroatoms. The second-order valence-corrected chi connectivity index (χ2v) is 7.40. The highest BCUT2D eigenvalue weighted by Gasteiger charge is 2.22. The molecule has 1 heterocycles. The number of nitrogens with one attached hydrogen (secondary N) is 1. The van der Waals surface area contributed by atoms with Gasteiger partial charge in [-0.25, -0.2) is 4.68 Å². The van der Waals surface area contributed by atoms with Gasteiger partial charge < -0.3 is 5.32 Å². The number of thioether (sulfide) groups is 1. The fraction of sp³-hybridized carbons (Fsp3) is 0.556. The number of nitrogens with zero attached hydrogens (tertiary/aromatic N) is 4. The van der Waals surface area contributed by atoms with Crippen molar-refractivity contribution < 1.29 is 4.79 Å². The first-order valence-electron chi connectivity index (χ1n) is 9.00. The van der Waals surface area contributed by atoms with E-state index in [2.05, 4.69) is 39.9 Å². The third-order valence-corrected chi connectivity index (χ3v) is 5.71. The lowest BCUT2D eigenvalue weighted by molar-refractivity contribution is -0.118. The predicted molar refractivity (Wildman–Crippen MR) is 98.5 cm³/mol. The van der Waals surface area contributed by atoms with Gasteiger partial charge in [0.2, 0.25) is 11.1 Å². The van der Waals surface area contributed by atoms with Gasteiger partial charge in [-0.3, -0.25) is 4.79 Å². The fourth-order valence-corrected chi connectivity index (χ4v) is 4.07. The average Bonchev–Trinajstić information content (AvgIpc) is 3.32. The molecule has 1 amide bonds. The highest BCUT2D eigenvalue weighted by Crippen LogP contribution is 2.31. The second kappa shape index (κ2) is 8.99. The number of benzene rings is 1. The number of hydrogen-bond acceptors (Lipinski definition) is 5. The van der Waals surface area contributed by atoms with Crippen LogP contribution in [-0.4, -0.2) is 38.4 Å². The summed E-state index contributed by atoms with van der Waals surface area (Å²) in [7, 11) is 0. The third kappa shape index (κ3) is 4.81. The molecule has 0 bridgehead atoms. The minimum atomic E-state index is 0.0281. The number of rotatable bonds is 8. The van der Waals surface area contributed by atoms with Crippen LogP contribution < -0.4 is 5.32 Å². The SMILES string of the molecule is CC[C@H](CNC(=O)CSc1nnnn1C1CCCC1)c1ccccc1. The molecule has 0 unspecified atom stereocenters. The van der Waals surface area contributed by atoms with Crippen LogP contribution >= 0.6 is 11.8 Å². The van der Waals surface area contributed by atoms with Crippen molar-refractivity contribution in [2.24, 2.45) is 0 Å². The Morgan fingerprint density at radius 1 is 1.32 bits per heavy atom. The zero-order chi connectivity index (χ0) is 17.5. The molecule has 134 valence electrons. The van der Waals surface area contributed by atoms with Gasteiger partial charge in [0.25, 0.3) is 0 Å². The smallest absolute Gasteiger partial charge is 0.230 e. The molecule has 3 rings (SSSR count). The summed E-state index contributed by atoms with van der Waals surface area (Å²) in [4.78, 5) is 12.2. The summed E-state index contributed by atoms with van der Waals surface area (Å²) >= 11 is 1.42. The molecule has 2 aromatic rings. The van der Waals surface area contributed by atoms with Crippen molar-refractivity contribution >= 4 is 17.7 Å². The monoisotopic (exact) mass is 359 g/mol. The summed E-state index contributed by atoms with van der Waals surface area (Å²) in [6.07, 6.45) is 5.71. The first-order valence-corrected chi connectivity index (χ1v) is 9.98. The van der Waals surface area contributed by atoms with Crippen molar-refractivity contribution in [3.63, 3.8) is 0 Å². The lowest BCUT2D eigenvalue weighted by Crippen LogP contribution is -2.29. The molecule has 1 aromatic heterocycles. The maximum atomic E-state index is 12.2. The molecule has 0 spiro atoms. The molecule has 1 aliphatic rings. The topological polar surface area (TPSA) is 72.7 Å². The van der Waals surface area contributed by atoms with E-state index in [1.165, 1.54) is 30.2 Å². The van der Waals surface area contributed by atoms with Gasteiger partial charge in [0.15, 0.2) is 0 Å². The fourth-order valence-electron chi connectivity index (χ4n) is 3.30. The maximum Gasteiger partial charge on any atom is 0.230 e. The molecular weight excluding hydrogens is 334 g/mol. The lowest BCUT2D eigenvalue weighted by Gasteiger charge is -2.16. The Bertz CT molecular complexity index is 669. The van der Waals surface area contributed by atoms with Gasteiger partial charge in [-0.1, -0.05) is 61.9 Å². The van der Waals surface area contributed by atoms with E-state index in [0.717, 1.165) is 24.4 Å². The molecular formula is C18H25N5OS.